The van der Waals surface area contributed by atoms with E-state index in [-0.39, 0.29) is 5.54 Å². The van der Waals surface area contributed by atoms with Gasteiger partial charge >= 0.3 is 0 Å². The first-order valence-corrected chi connectivity index (χ1v) is 3.89. The zero-order valence-corrected chi connectivity index (χ0v) is 7.53. The minimum Gasteiger partial charge on any atom is -0.380 e. The molecule has 0 atom stereocenters. The normalized spacial score (nSPS) is 12.0. The van der Waals surface area contributed by atoms with E-state index in [9.17, 15) is 0 Å². The van der Waals surface area contributed by atoms with Crippen molar-refractivity contribution in [3.63, 3.8) is 0 Å². The van der Waals surface area contributed by atoms with Crippen LogP contribution in [0.2, 0.25) is 0 Å². The Balaban J connectivity index is 3.28. The molecule has 0 saturated carbocycles. The van der Waals surface area contributed by atoms with E-state index in [1.165, 1.54) is 0 Å². The van der Waals surface area contributed by atoms with Crippen molar-refractivity contribution in [1.82, 2.24) is 5.32 Å². The van der Waals surface area contributed by atoms with Crippen LogP contribution in [0, 0.1) is 0 Å². The molecular formula is C8H19NO. The minimum absolute atomic E-state index is 0.120. The van der Waals surface area contributed by atoms with E-state index in [2.05, 4.69) is 26.1 Å². The minimum atomic E-state index is 0.120. The highest BCUT2D eigenvalue weighted by molar-refractivity contribution is 4.73. The number of ether oxygens (including phenoxy) is 1. The molecule has 1 N–H and O–H groups in total. The first-order chi connectivity index (χ1) is 4.62. The van der Waals surface area contributed by atoms with Crippen molar-refractivity contribution >= 4 is 0 Å². The summed E-state index contributed by atoms with van der Waals surface area (Å²) in [7, 11) is 1.95. The van der Waals surface area contributed by atoms with E-state index in [1.54, 1.807) is 0 Å². The lowest BCUT2D eigenvalue weighted by atomic mass is 10.1. The summed E-state index contributed by atoms with van der Waals surface area (Å²) in [6.07, 6.45) is 1.10. The standard InChI is InChI=1S/C8H19NO/c1-5-6-10-7-8(2,3)9-4/h9H,5-7H2,1-4H3. The quantitative estimate of drug-likeness (QED) is 0.591. The number of hydrogen-bond donors (Lipinski definition) is 1. The second kappa shape index (κ2) is 4.69. The van der Waals surface area contributed by atoms with Crippen LogP contribution in [0.15, 0.2) is 0 Å². The molecule has 0 aliphatic rings. The second-order valence-electron chi connectivity index (χ2n) is 3.19. The lowest BCUT2D eigenvalue weighted by molar-refractivity contribution is 0.0862. The number of rotatable bonds is 5. The maximum absolute atomic E-state index is 5.38. The van der Waals surface area contributed by atoms with Crippen LogP contribution in [0.5, 0.6) is 0 Å². The molecule has 0 bridgehead atoms. The van der Waals surface area contributed by atoms with Gasteiger partial charge in [-0.3, -0.25) is 0 Å². The fraction of sp³-hybridized carbons (Fsp3) is 1.00. The fourth-order valence-corrected chi connectivity index (χ4v) is 0.544. The molecule has 0 spiro atoms. The Morgan fingerprint density at radius 2 is 2.00 bits per heavy atom. The maximum atomic E-state index is 5.38. The Morgan fingerprint density at radius 1 is 1.40 bits per heavy atom. The van der Waals surface area contributed by atoms with Crippen molar-refractivity contribution in [3.05, 3.63) is 0 Å². The summed E-state index contributed by atoms with van der Waals surface area (Å²) in [5, 5.41) is 3.18. The number of likely N-dealkylation sites (N-methyl/N-ethyl adjacent to an activating group) is 1. The molecule has 0 aliphatic heterocycles. The predicted molar refractivity (Wildman–Crippen MR) is 44.2 cm³/mol. The highest BCUT2D eigenvalue weighted by Gasteiger charge is 2.13. The molecule has 0 saturated heterocycles. The Hall–Kier alpha value is -0.0800. The van der Waals surface area contributed by atoms with Gasteiger partial charge in [-0.15, -0.1) is 0 Å². The van der Waals surface area contributed by atoms with Crippen LogP contribution in [0.25, 0.3) is 0 Å². The van der Waals surface area contributed by atoms with Gasteiger partial charge in [0.2, 0.25) is 0 Å². The van der Waals surface area contributed by atoms with Gasteiger partial charge in [-0.1, -0.05) is 6.92 Å². The third kappa shape index (κ3) is 4.77. The Labute approximate surface area is 64.0 Å². The van der Waals surface area contributed by atoms with E-state index in [0.717, 1.165) is 19.6 Å². The summed E-state index contributed by atoms with van der Waals surface area (Å²) in [6.45, 7) is 8.03. The number of nitrogens with one attached hydrogen (secondary N) is 1. The first kappa shape index (κ1) is 9.92. The van der Waals surface area contributed by atoms with Gasteiger partial charge in [0.05, 0.1) is 6.61 Å². The van der Waals surface area contributed by atoms with Crippen molar-refractivity contribution in [2.45, 2.75) is 32.7 Å². The molecule has 0 rings (SSSR count). The average Bonchev–Trinajstić information content (AvgIpc) is 1.89. The van der Waals surface area contributed by atoms with E-state index < -0.39 is 0 Å². The molecule has 0 amide bonds. The van der Waals surface area contributed by atoms with Crippen LogP contribution in [-0.2, 0) is 4.74 Å². The van der Waals surface area contributed by atoms with Crippen LogP contribution in [0.4, 0.5) is 0 Å². The lowest BCUT2D eigenvalue weighted by Crippen LogP contribution is -2.40. The van der Waals surface area contributed by atoms with Crippen molar-refractivity contribution in [3.8, 4) is 0 Å². The van der Waals surface area contributed by atoms with Gasteiger partial charge in [0.25, 0.3) is 0 Å². The molecule has 0 aromatic heterocycles. The van der Waals surface area contributed by atoms with Crippen molar-refractivity contribution in [1.29, 1.82) is 0 Å². The maximum Gasteiger partial charge on any atom is 0.0642 e. The Bertz CT molecular complexity index is 81.3. The highest BCUT2D eigenvalue weighted by Crippen LogP contribution is 2.00. The summed E-state index contributed by atoms with van der Waals surface area (Å²) >= 11 is 0. The molecule has 62 valence electrons. The zero-order chi connectivity index (χ0) is 8.04. The van der Waals surface area contributed by atoms with Gasteiger partial charge in [0, 0.05) is 12.1 Å². The molecule has 0 fully saturated rings. The molecule has 10 heavy (non-hydrogen) atoms. The van der Waals surface area contributed by atoms with Gasteiger partial charge in [-0.2, -0.15) is 0 Å². The SMILES string of the molecule is CCCOCC(C)(C)NC. The predicted octanol–water partition coefficient (Wildman–Crippen LogP) is 1.41. The van der Waals surface area contributed by atoms with Gasteiger partial charge in [0.1, 0.15) is 0 Å². The fourth-order valence-electron chi connectivity index (χ4n) is 0.544. The second-order valence-corrected chi connectivity index (χ2v) is 3.19. The molecule has 0 aromatic carbocycles. The summed E-state index contributed by atoms with van der Waals surface area (Å²) in [5.74, 6) is 0. The molecule has 0 aliphatic carbocycles. The summed E-state index contributed by atoms with van der Waals surface area (Å²) in [4.78, 5) is 0. The molecule has 0 radical (unpaired) electrons. The van der Waals surface area contributed by atoms with Crippen LogP contribution in [0.3, 0.4) is 0 Å². The van der Waals surface area contributed by atoms with Crippen molar-refractivity contribution in [2.75, 3.05) is 20.3 Å². The monoisotopic (exact) mass is 145 g/mol. The Morgan fingerprint density at radius 3 is 2.40 bits per heavy atom. The van der Waals surface area contributed by atoms with Crippen LogP contribution < -0.4 is 5.32 Å². The topological polar surface area (TPSA) is 21.3 Å². The van der Waals surface area contributed by atoms with Gasteiger partial charge in [0.15, 0.2) is 0 Å². The van der Waals surface area contributed by atoms with E-state index >= 15 is 0 Å². The third-order valence-electron chi connectivity index (χ3n) is 1.49. The smallest absolute Gasteiger partial charge is 0.0642 e. The first-order valence-electron chi connectivity index (χ1n) is 3.89. The zero-order valence-electron chi connectivity index (χ0n) is 7.53. The van der Waals surface area contributed by atoms with Gasteiger partial charge in [-0.05, 0) is 27.3 Å². The highest BCUT2D eigenvalue weighted by atomic mass is 16.5. The van der Waals surface area contributed by atoms with E-state index in [1.807, 2.05) is 7.05 Å². The molecule has 0 aromatic rings. The van der Waals surface area contributed by atoms with E-state index in [4.69, 9.17) is 4.74 Å². The molecule has 0 heterocycles. The number of hydrogen-bond acceptors (Lipinski definition) is 2. The van der Waals surface area contributed by atoms with Crippen LogP contribution >= 0.6 is 0 Å². The summed E-state index contributed by atoms with van der Waals surface area (Å²) in [6, 6.07) is 0. The van der Waals surface area contributed by atoms with Crippen LogP contribution in [-0.4, -0.2) is 25.8 Å². The van der Waals surface area contributed by atoms with Gasteiger partial charge in [-0.25, -0.2) is 0 Å². The largest absolute Gasteiger partial charge is 0.380 e. The molecule has 0 unspecified atom stereocenters. The molecule has 2 heteroatoms. The van der Waals surface area contributed by atoms with Gasteiger partial charge < -0.3 is 10.1 Å². The third-order valence-corrected chi connectivity index (χ3v) is 1.49. The molecular weight excluding hydrogens is 126 g/mol. The summed E-state index contributed by atoms with van der Waals surface area (Å²) < 4.78 is 5.38. The van der Waals surface area contributed by atoms with Crippen LogP contribution in [0.1, 0.15) is 27.2 Å². The lowest BCUT2D eigenvalue weighted by Gasteiger charge is -2.23. The Kier molecular flexibility index (Phi) is 4.65. The van der Waals surface area contributed by atoms with Crippen molar-refractivity contribution < 1.29 is 4.74 Å². The van der Waals surface area contributed by atoms with E-state index in [0.29, 0.717) is 0 Å². The average molecular weight is 145 g/mol. The summed E-state index contributed by atoms with van der Waals surface area (Å²) in [5.41, 5.74) is 0.120. The molecule has 2 nitrogen and oxygen atoms in total. The van der Waals surface area contributed by atoms with Crippen molar-refractivity contribution in [2.24, 2.45) is 0 Å².